The molecule has 1 fully saturated rings. The normalized spacial score (nSPS) is 16.4. The van der Waals surface area contributed by atoms with Crippen molar-refractivity contribution in [2.75, 3.05) is 31.1 Å². The van der Waals surface area contributed by atoms with E-state index in [1.54, 1.807) is 30.9 Å². The van der Waals surface area contributed by atoms with Gasteiger partial charge in [-0.2, -0.15) is 4.31 Å². The van der Waals surface area contributed by atoms with Crippen LogP contribution in [0.5, 0.6) is 0 Å². The first kappa shape index (κ1) is 25.1. The quantitative estimate of drug-likeness (QED) is 0.411. The summed E-state index contributed by atoms with van der Waals surface area (Å²) in [5, 5.41) is 1.14. The van der Waals surface area contributed by atoms with Gasteiger partial charge >= 0.3 is 0 Å². The van der Waals surface area contributed by atoms with Gasteiger partial charge in [-0.25, -0.2) is 13.4 Å². The summed E-state index contributed by atoms with van der Waals surface area (Å²) < 4.78 is 33.7. The van der Waals surface area contributed by atoms with Gasteiger partial charge in [-0.1, -0.05) is 42.9 Å². The molecular weight excluding hydrogens is 494 g/mol. The molecule has 1 saturated heterocycles. The predicted molar refractivity (Wildman–Crippen MR) is 137 cm³/mol. The molecule has 1 unspecified atom stereocenters. The highest BCUT2D eigenvalue weighted by Crippen LogP contribution is 2.36. The van der Waals surface area contributed by atoms with Gasteiger partial charge in [-0.15, -0.1) is 0 Å². The highest BCUT2D eigenvalue weighted by molar-refractivity contribution is 7.89. The Morgan fingerprint density at radius 1 is 1.18 bits per heavy atom. The zero-order valence-electron chi connectivity index (χ0n) is 19.5. The van der Waals surface area contributed by atoms with E-state index >= 15 is 0 Å². The third kappa shape index (κ3) is 4.85. The van der Waals surface area contributed by atoms with Gasteiger partial charge in [0.05, 0.1) is 32.8 Å². The lowest BCUT2D eigenvalue weighted by atomic mass is 10.2. The Bertz CT molecular complexity index is 1240. The SMILES string of the molecule is CCN(CC)S(=O)(=O)c1ccc(C(=O)N(CC2CCCO2)c2nc3c(C)ccc(Cl)c3s2)cc1. The third-order valence-corrected chi connectivity index (χ3v) is 9.62. The van der Waals surface area contributed by atoms with Crippen molar-refractivity contribution in [3.63, 3.8) is 0 Å². The number of aryl methyl sites for hydroxylation is 1. The summed E-state index contributed by atoms with van der Waals surface area (Å²) in [6.45, 7) is 7.37. The second kappa shape index (κ2) is 10.3. The number of anilines is 1. The van der Waals surface area contributed by atoms with Crippen LogP contribution in [0.3, 0.4) is 0 Å². The average molecular weight is 522 g/mol. The monoisotopic (exact) mass is 521 g/mol. The Morgan fingerprint density at radius 3 is 2.47 bits per heavy atom. The fourth-order valence-electron chi connectivity index (χ4n) is 4.08. The Morgan fingerprint density at radius 2 is 1.88 bits per heavy atom. The van der Waals surface area contributed by atoms with E-state index < -0.39 is 10.0 Å². The standard InChI is InChI=1S/C24H28ClN3O4S2/c1-4-27(5-2)34(30,31)19-11-9-17(10-12-19)23(29)28(15-18-7-6-14-32-18)24-26-21-16(3)8-13-20(25)22(21)33-24/h8-13,18H,4-7,14-15H2,1-3H3. The lowest BCUT2D eigenvalue weighted by Crippen LogP contribution is -2.37. The maximum atomic E-state index is 13.6. The first-order valence-corrected chi connectivity index (χ1v) is 14.0. The topological polar surface area (TPSA) is 79.8 Å². The van der Waals surface area contributed by atoms with Crippen molar-refractivity contribution in [1.29, 1.82) is 0 Å². The number of halogens is 1. The number of hydrogen-bond donors (Lipinski definition) is 0. The molecule has 2 aromatic carbocycles. The number of amides is 1. The molecule has 2 heterocycles. The van der Waals surface area contributed by atoms with Gasteiger partial charge in [0.15, 0.2) is 5.13 Å². The molecule has 0 saturated carbocycles. The predicted octanol–water partition coefficient (Wildman–Crippen LogP) is 5.11. The number of carbonyl (C=O) groups is 1. The molecule has 3 aromatic rings. The number of hydrogen-bond acceptors (Lipinski definition) is 6. The van der Waals surface area contributed by atoms with Crippen LogP contribution in [0, 0.1) is 6.92 Å². The van der Waals surface area contributed by atoms with Gasteiger partial charge in [0, 0.05) is 25.3 Å². The van der Waals surface area contributed by atoms with E-state index in [-0.39, 0.29) is 16.9 Å². The Balaban J connectivity index is 1.69. The molecule has 0 bridgehead atoms. The number of ether oxygens (including phenoxy) is 1. The number of fused-ring (bicyclic) bond motifs is 1. The minimum atomic E-state index is -3.60. The number of carbonyl (C=O) groups excluding carboxylic acids is 1. The van der Waals surface area contributed by atoms with Crippen molar-refractivity contribution in [3.05, 3.63) is 52.5 Å². The van der Waals surface area contributed by atoms with Gasteiger partial charge in [-0.05, 0) is 55.7 Å². The third-order valence-electron chi connectivity index (χ3n) is 6.02. The summed E-state index contributed by atoms with van der Waals surface area (Å²) in [6.07, 6.45) is 1.75. The number of nitrogens with zero attached hydrogens (tertiary/aromatic N) is 3. The van der Waals surface area contributed by atoms with Gasteiger partial charge in [0.2, 0.25) is 10.0 Å². The molecule has 0 N–H and O–H groups in total. The summed E-state index contributed by atoms with van der Waals surface area (Å²) in [4.78, 5) is 20.2. The molecule has 1 aromatic heterocycles. The summed E-state index contributed by atoms with van der Waals surface area (Å²) in [7, 11) is -3.60. The minimum absolute atomic E-state index is 0.0742. The molecule has 4 rings (SSSR count). The van der Waals surface area contributed by atoms with Crippen molar-refractivity contribution in [3.8, 4) is 0 Å². The number of rotatable bonds is 8. The molecule has 0 aliphatic carbocycles. The summed E-state index contributed by atoms with van der Waals surface area (Å²) in [5.74, 6) is -0.255. The van der Waals surface area contributed by atoms with Crippen LogP contribution < -0.4 is 4.90 Å². The first-order valence-electron chi connectivity index (χ1n) is 11.4. The van der Waals surface area contributed by atoms with Crippen LogP contribution in [0.15, 0.2) is 41.3 Å². The van der Waals surface area contributed by atoms with E-state index in [1.165, 1.54) is 27.8 Å². The lowest BCUT2D eigenvalue weighted by molar-refractivity contribution is 0.0917. The van der Waals surface area contributed by atoms with Gasteiger partial charge in [0.1, 0.15) is 0 Å². The number of sulfonamides is 1. The second-order valence-electron chi connectivity index (χ2n) is 8.20. The first-order chi connectivity index (χ1) is 16.3. The van der Waals surface area contributed by atoms with Crippen LogP contribution in [0.4, 0.5) is 5.13 Å². The Hall–Kier alpha value is -2.04. The summed E-state index contributed by atoms with van der Waals surface area (Å²) >= 11 is 7.78. The van der Waals surface area contributed by atoms with Crippen LogP contribution in [-0.2, 0) is 14.8 Å². The summed E-state index contributed by atoms with van der Waals surface area (Å²) in [6, 6.07) is 9.85. The molecular formula is C24H28ClN3O4S2. The van der Waals surface area contributed by atoms with Gasteiger partial charge in [0.25, 0.3) is 5.91 Å². The molecule has 34 heavy (non-hydrogen) atoms. The molecule has 7 nitrogen and oxygen atoms in total. The molecule has 1 aliphatic heterocycles. The number of thiazole rings is 1. The smallest absolute Gasteiger partial charge is 0.260 e. The zero-order chi connectivity index (χ0) is 24.5. The second-order valence-corrected chi connectivity index (χ2v) is 11.5. The molecule has 1 amide bonds. The maximum Gasteiger partial charge on any atom is 0.260 e. The van der Waals surface area contributed by atoms with Gasteiger partial charge < -0.3 is 4.74 Å². The van der Waals surface area contributed by atoms with Crippen LogP contribution in [0.25, 0.3) is 10.2 Å². The molecule has 1 atom stereocenters. The van der Waals surface area contributed by atoms with Crippen molar-refractivity contribution >= 4 is 54.2 Å². The van der Waals surface area contributed by atoms with Crippen molar-refractivity contribution in [2.45, 2.75) is 44.6 Å². The van der Waals surface area contributed by atoms with Crippen molar-refractivity contribution in [1.82, 2.24) is 9.29 Å². The summed E-state index contributed by atoms with van der Waals surface area (Å²) in [5.41, 5.74) is 2.15. The maximum absolute atomic E-state index is 13.6. The number of aromatic nitrogens is 1. The average Bonchev–Trinajstić information content (AvgIpc) is 3.51. The molecule has 0 spiro atoms. The number of benzene rings is 2. The largest absolute Gasteiger partial charge is 0.376 e. The Kier molecular flexibility index (Phi) is 7.59. The van der Waals surface area contributed by atoms with Gasteiger partial charge in [-0.3, -0.25) is 9.69 Å². The molecule has 182 valence electrons. The highest BCUT2D eigenvalue weighted by atomic mass is 35.5. The van der Waals surface area contributed by atoms with Crippen LogP contribution >= 0.6 is 22.9 Å². The van der Waals surface area contributed by atoms with E-state index in [1.807, 2.05) is 19.1 Å². The van der Waals surface area contributed by atoms with E-state index in [0.717, 1.165) is 28.6 Å². The van der Waals surface area contributed by atoms with Crippen molar-refractivity contribution < 1.29 is 17.9 Å². The zero-order valence-corrected chi connectivity index (χ0v) is 21.8. The molecule has 10 heteroatoms. The Labute approximate surface area is 209 Å². The van der Waals surface area contributed by atoms with Crippen molar-refractivity contribution in [2.24, 2.45) is 0 Å². The van der Waals surface area contributed by atoms with E-state index in [0.29, 0.717) is 42.0 Å². The van der Waals surface area contributed by atoms with Crippen LogP contribution in [-0.4, -0.2) is 56.0 Å². The van der Waals surface area contributed by atoms with E-state index in [2.05, 4.69) is 0 Å². The van der Waals surface area contributed by atoms with E-state index in [9.17, 15) is 13.2 Å². The lowest BCUT2D eigenvalue weighted by Gasteiger charge is -2.23. The van der Waals surface area contributed by atoms with Crippen LogP contribution in [0.1, 0.15) is 42.6 Å². The fourth-order valence-corrected chi connectivity index (χ4v) is 6.87. The fraction of sp³-hybridized carbons (Fsp3) is 0.417. The molecule has 0 radical (unpaired) electrons. The van der Waals surface area contributed by atoms with E-state index in [4.69, 9.17) is 21.3 Å². The highest BCUT2D eigenvalue weighted by Gasteiger charge is 2.28. The molecule has 1 aliphatic rings. The minimum Gasteiger partial charge on any atom is -0.376 e. The van der Waals surface area contributed by atoms with Crippen LogP contribution in [0.2, 0.25) is 5.02 Å².